The van der Waals surface area contributed by atoms with Crippen LogP contribution in [0.15, 0.2) is 24.3 Å². The summed E-state index contributed by atoms with van der Waals surface area (Å²) in [6.07, 6.45) is 0. The first kappa shape index (κ1) is 18.8. The predicted octanol–water partition coefficient (Wildman–Crippen LogP) is 1.23. The molecule has 10 nitrogen and oxygen atoms in total. The normalized spacial score (nSPS) is 36.1. The lowest BCUT2D eigenvalue weighted by molar-refractivity contribution is -0.0371. The Balaban J connectivity index is 1.22. The molecule has 1 aromatic carbocycles. The zero-order chi connectivity index (χ0) is 19.2. The molecule has 1 aromatic rings. The van der Waals surface area contributed by atoms with E-state index in [4.69, 9.17) is 27.1 Å². The molecule has 2 N–H and O–H groups in total. The van der Waals surface area contributed by atoms with Gasteiger partial charge in [-0.3, -0.25) is 9.59 Å². The van der Waals surface area contributed by atoms with Crippen molar-refractivity contribution in [2.75, 3.05) is 39.6 Å². The highest BCUT2D eigenvalue weighted by molar-refractivity contribution is 7.42. The van der Waals surface area contributed by atoms with Crippen LogP contribution >= 0.6 is 17.2 Å². The minimum absolute atomic E-state index is 0.280. The second kappa shape index (κ2) is 7.23. The van der Waals surface area contributed by atoms with E-state index in [0.29, 0.717) is 50.8 Å². The molecule has 2 amide bonds. The number of hydrogen-bond donors (Lipinski definition) is 2. The second-order valence-electron chi connectivity index (χ2n) is 7.13. The Morgan fingerprint density at radius 2 is 0.929 bits per heavy atom. The van der Waals surface area contributed by atoms with Crippen molar-refractivity contribution in [2.45, 2.75) is 11.1 Å². The van der Waals surface area contributed by atoms with Crippen LogP contribution in [0.25, 0.3) is 0 Å². The van der Waals surface area contributed by atoms with E-state index in [1.54, 1.807) is 24.3 Å². The third kappa shape index (κ3) is 3.56. The Labute approximate surface area is 163 Å². The quantitative estimate of drug-likeness (QED) is 0.689. The molecule has 6 saturated heterocycles. The Hall–Kier alpha value is -1.22. The molecule has 6 aliphatic rings. The van der Waals surface area contributed by atoms with Gasteiger partial charge in [0.2, 0.25) is 0 Å². The summed E-state index contributed by atoms with van der Waals surface area (Å²) in [5.41, 5.74) is -0.493. The number of fused-ring (bicyclic) bond motifs is 6. The van der Waals surface area contributed by atoms with Crippen LogP contribution in [0.2, 0.25) is 0 Å². The van der Waals surface area contributed by atoms with Crippen LogP contribution in [0.5, 0.6) is 0 Å². The summed E-state index contributed by atoms with van der Waals surface area (Å²) >= 11 is 0. The summed E-state index contributed by atoms with van der Waals surface area (Å²) in [7, 11) is -2.52. The van der Waals surface area contributed by atoms with Gasteiger partial charge in [0.15, 0.2) is 0 Å². The molecule has 6 aliphatic heterocycles. The van der Waals surface area contributed by atoms with Gasteiger partial charge in [-0.25, -0.2) is 0 Å². The first-order valence-electron chi connectivity index (χ1n) is 8.68. The topological polar surface area (TPSA) is 114 Å². The highest BCUT2D eigenvalue weighted by Gasteiger charge is 2.47. The summed E-state index contributed by atoms with van der Waals surface area (Å²) in [4.78, 5) is 25.1. The van der Waals surface area contributed by atoms with E-state index < -0.39 is 28.3 Å². The molecule has 6 fully saturated rings. The lowest BCUT2D eigenvalue weighted by Crippen LogP contribution is -2.62. The summed E-state index contributed by atoms with van der Waals surface area (Å²) in [5, 5.41) is 5.84. The fourth-order valence-electron chi connectivity index (χ4n) is 3.15. The molecular formula is C16H18N2O8P2. The van der Waals surface area contributed by atoms with Gasteiger partial charge >= 0.3 is 17.2 Å². The molecule has 0 spiro atoms. The van der Waals surface area contributed by atoms with E-state index >= 15 is 0 Å². The van der Waals surface area contributed by atoms with E-state index in [2.05, 4.69) is 10.6 Å². The SMILES string of the molecule is O=C(NC12COP(OC1)OC2)c1ccc(C(=O)NC23COP(OC2)OC3)cc1. The molecule has 28 heavy (non-hydrogen) atoms. The van der Waals surface area contributed by atoms with Crippen LogP contribution in [0.4, 0.5) is 0 Å². The largest absolute Gasteiger partial charge is 0.340 e. The third-order valence-electron chi connectivity index (χ3n) is 4.84. The highest BCUT2D eigenvalue weighted by atomic mass is 31.2. The Morgan fingerprint density at radius 3 is 1.21 bits per heavy atom. The van der Waals surface area contributed by atoms with Gasteiger partial charge in [-0.2, -0.15) is 0 Å². The number of carbonyl (C=O) groups is 2. The maximum Gasteiger partial charge on any atom is 0.332 e. The van der Waals surface area contributed by atoms with Crippen molar-refractivity contribution >= 4 is 29.0 Å². The van der Waals surface area contributed by atoms with Crippen LogP contribution in [-0.2, 0) is 27.1 Å². The monoisotopic (exact) mass is 428 g/mol. The highest BCUT2D eigenvalue weighted by Crippen LogP contribution is 2.50. The number of rotatable bonds is 4. The minimum atomic E-state index is -1.26. The Bertz CT molecular complexity index is 683. The van der Waals surface area contributed by atoms with Crippen LogP contribution in [-0.4, -0.2) is 62.5 Å². The molecule has 0 aromatic heterocycles. The standard InChI is InChI=1S/C16H18N2O8P2/c19-13(17-15-5-21-27(22-6-15)23-7-15)11-1-2-12(4-3-11)14(20)18-16-8-24-28(25-9-16)26-10-16/h1-4H,5-10H2,(H,17,19)(H,18,20). The van der Waals surface area contributed by atoms with Gasteiger partial charge in [-0.1, -0.05) is 0 Å². The van der Waals surface area contributed by atoms with Crippen molar-refractivity contribution in [3.05, 3.63) is 35.4 Å². The number of hydrogen-bond acceptors (Lipinski definition) is 8. The van der Waals surface area contributed by atoms with E-state index in [1.807, 2.05) is 0 Å². The first-order chi connectivity index (χ1) is 13.5. The van der Waals surface area contributed by atoms with E-state index in [0.717, 1.165) is 0 Å². The lowest BCUT2D eigenvalue weighted by Gasteiger charge is -2.44. The van der Waals surface area contributed by atoms with Gasteiger partial charge in [0.25, 0.3) is 11.8 Å². The second-order valence-corrected chi connectivity index (χ2v) is 9.58. The van der Waals surface area contributed by atoms with Crippen molar-refractivity contribution in [1.29, 1.82) is 0 Å². The van der Waals surface area contributed by atoms with Gasteiger partial charge in [0, 0.05) is 11.1 Å². The molecule has 6 heterocycles. The Morgan fingerprint density at radius 1 is 0.643 bits per heavy atom. The maximum absolute atomic E-state index is 12.6. The fraction of sp³-hybridized carbons (Fsp3) is 0.500. The molecule has 4 bridgehead atoms. The smallest absolute Gasteiger partial charge is 0.332 e. The zero-order valence-corrected chi connectivity index (χ0v) is 16.5. The van der Waals surface area contributed by atoms with Gasteiger partial charge in [-0.15, -0.1) is 0 Å². The molecule has 0 saturated carbocycles. The average molecular weight is 428 g/mol. The van der Waals surface area contributed by atoms with Crippen molar-refractivity contribution in [2.24, 2.45) is 0 Å². The number of nitrogens with one attached hydrogen (secondary N) is 2. The van der Waals surface area contributed by atoms with E-state index in [9.17, 15) is 9.59 Å². The molecule has 150 valence electrons. The van der Waals surface area contributed by atoms with Gasteiger partial charge in [0.1, 0.15) is 11.1 Å². The molecule has 12 heteroatoms. The van der Waals surface area contributed by atoms with Gasteiger partial charge < -0.3 is 37.8 Å². The van der Waals surface area contributed by atoms with Crippen LogP contribution in [0, 0.1) is 0 Å². The lowest BCUT2D eigenvalue weighted by atomic mass is 10.0. The van der Waals surface area contributed by atoms with Crippen molar-refractivity contribution in [3.63, 3.8) is 0 Å². The summed E-state index contributed by atoms with van der Waals surface area (Å²) in [5.74, 6) is -0.560. The number of benzene rings is 1. The summed E-state index contributed by atoms with van der Waals surface area (Å²) in [6, 6.07) is 6.41. The molecule has 0 aliphatic carbocycles. The van der Waals surface area contributed by atoms with Crippen molar-refractivity contribution < 1.29 is 36.7 Å². The third-order valence-corrected chi connectivity index (χ3v) is 6.88. The fourth-order valence-corrected chi connectivity index (χ4v) is 5.71. The average Bonchev–Trinajstić information content (AvgIpc) is 2.76. The van der Waals surface area contributed by atoms with Crippen LogP contribution in [0.3, 0.4) is 0 Å². The summed E-state index contributed by atoms with van der Waals surface area (Å²) in [6.45, 7) is 2.18. The van der Waals surface area contributed by atoms with Gasteiger partial charge in [0.05, 0.1) is 39.6 Å². The molecule has 7 rings (SSSR count). The zero-order valence-electron chi connectivity index (χ0n) is 14.7. The molecule has 0 unspecified atom stereocenters. The minimum Gasteiger partial charge on any atom is -0.340 e. The number of amides is 2. The van der Waals surface area contributed by atoms with Crippen molar-refractivity contribution in [3.8, 4) is 0 Å². The summed E-state index contributed by atoms with van der Waals surface area (Å²) < 4.78 is 32.3. The molecule has 0 radical (unpaired) electrons. The van der Waals surface area contributed by atoms with Crippen LogP contribution in [0.1, 0.15) is 20.7 Å². The molecular weight excluding hydrogens is 410 g/mol. The van der Waals surface area contributed by atoms with Crippen molar-refractivity contribution in [1.82, 2.24) is 10.6 Å². The van der Waals surface area contributed by atoms with E-state index in [1.165, 1.54) is 0 Å². The first-order valence-corrected chi connectivity index (χ1v) is 10.9. The molecule has 0 atom stereocenters. The maximum atomic E-state index is 12.6. The predicted molar refractivity (Wildman–Crippen MR) is 96.4 cm³/mol. The van der Waals surface area contributed by atoms with Crippen LogP contribution < -0.4 is 10.6 Å². The Kier molecular flexibility index (Phi) is 4.85. The van der Waals surface area contributed by atoms with Gasteiger partial charge in [-0.05, 0) is 24.3 Å². The number of carbonyl (C=O) groups excluding carboxylic acids is 2. The van der Waals surface area contributed by atoms with E-state index in [-0.39, 0.29) is 11.8 Å².